The molecule has 2 amide bonds. The van der Waals surface area contributed by atoms with Gasteiger partial charge in [-0.3, -0.25) is 14.6 Å². The Hall–Kier alpha value is -1.91. The summed E-state index contributed by atoms with van der Waals surface area (Å²) in [5, 5.41) is 3.18. The molecule has 1 aromatic heterocycles. The average Bonchev–Trinajstić information content (AvgIpc) is 3.32. The molecule has 5 heteroatoms. The normalized spacial score (nSPS) is 19.4. The van der Waals surface area contributed by atoms with Crippen molar-refractivity contribution in [2.45, 2.75) is 96.4 Å². The molecule has 1 saturated carbocycles. The van der Waals surface area contributed by atoms with Crippen molar-refractivity contribution in [2.75, 3.05) is 13.1 Å². The van der Waals surface area contributed by atoms with Gasteiger partial charge in [0.2, 0.25) is 5.91 Å². The van der Waals surface area contributed by atoms with Crippen molar-refractivity contribution in [3.8, 4) is 0 Å². The van der Waals surface area contributed by atoms with E-state index in [0.717, 1.165) is 63.0 Å². The van der Waals surface area contributed by atoms with Gasteiger partial charge in [0.1, 0.15) is 5.54 Å². The Morgan fingerprint density at radius 1 is 0.897 bits per heavy atom. The number of hydrogen-bond acceptors (Lipinski definition) is 3. The second kappa shape index (κ2) is 7.73. The number of pyridine rings is 1. The van der Waals surface area contributed by atoms with Crippen molar-refractivity contribution in [2.24, 2.45) is 0 Å². The Balaban J connectivity index is 1.93. The Morgan fingerprint density at radius 2 is 1.38 bits per heavy atom. The summed E-state index contributed by atoms with van der Waals surface area (Å²) >= 11 is 0. The average molecular weight is 400 g/mol. The van der Waals surface area contributed by atoms with Crippen molar-refractivity contribution in [1.82, 2.24) is 15.2 Å². The van der Waals surface area contributed by atoms with Gasteiger partial charge in [-0.1, -0.05) is 54.4 Å². The third kappa shape index (κ3) is 4.65. The van der Waals surface area contributed by atoms with Gasteiger partial charge in [-0.05, 0) is 37.8 Å². The maximum Gasteiger partial charge on any atom is 0.252 e. The van der Waals surface area contributed by atoms with E-state index in [-0.39, 0.29) is 22.6 Å². The molecule has 0 radical (unpaired) electrons. The number of aromatic nitrogens is 1. The van der Waals surface area contributed by atoms with Gasteiger partial charge >= 0.3 is 0 Å². The summed E-state index contributed by atoms with van der Waals surface area (Å²) in [6, 6.07) is 3.79. The quantitative estimate of drug-likeness (QED) is 0.822. The van der Waals surface area contributed by atoms with Crippen LogP contribution in [0.25, 0.3) is 0 Å². The summed E-state index contributed by atoms with van der Waals surface area (Å²) in [5.41, 5.74) is 1.35. The van der Waals surface area contributed by atoms with Crippen molar-refractivity contribution in [3.63, 3.8) is 0 Å². The molecule has 1 N–H and O–H groups in total. The molecule has 1 aromatic rings. The van der Waals surface area contributed by atoms with Crippen LogP contribution in [0.2, 0.25) is 0 Å². The molecular formula is C24H37N3O2. The molecule has 1 aliphatic carbocycles. The van der Waals surface area contributed by atoms with Crippen LogP contribution < -0.4 is 5.32 Å². The van der Waals surface area contributed by atoms with E-state index in [1.807, 2.05) is 17.0 Å². The highest BCUT2D eigenvalue weighted by Crippen LogP contribution is 2.34. The molecule has 29 heavy (non-hydrogen) atoms. The van der Waals surface area contributed by atoms with E-state index in [1.54, 1.807) is 0 Å². The number of carbonyl (C=O) groups excluding carboxylic acids is 2. The van der Waals surface area contributed by atoms with Gasteiger partial charge in [0.25, 0.3) is 5.91 Å². The zero-order valence-electron chi connectivity index (χ0n) is 19.0. The molecule has 0 unspecified atom stereocenters. The van der Waals surface area contributed by atoms with Crippen LogP contribution in [-0.4, -0.2) is 40.3 Å². The molecule has 0 spiro atoms. The molecule has 2 fully saturated rings. The lowest BCUT2D eigenvalue weighted by Crippen LogP contribution is -2.57. The third-order valence-electron chi connectivity index (χ3n) is 6.24. The van der Waals surface area contributed by atoms with Crippen molar-refractivity contribution >= 4 is 11.8 Å². The summed E-state index contributed by atoms with van der Waals surface area (Å²) in [5.74, 6) is -0.0418. The SMILES string of the molecule is CC(C)(C)c1cc(C(=O)NC2(C(=O)N3CCCC3)CCCC2)cc(C(C)(C)C)n1. The first-order valence-corrected chi connectivity index (χ1v) is 11.1. The van der Waals surface area contributed by atoms with Crippen LogP contribution >= 0.6 is 0 Å². The van der Waals surface area contributed by atoms with Gasteiger partial charge in [-0.15, -0.1) is 0 Å². The van der Waals surface area contributed by atoms with Crippen LogP contribution in [-0.2, 0) is 15.6 Å². The molecule has 3 rings (SSSR count). The number of carbonyl (C=O) groups is 2. The lowest BCUT2D eigenvalue weighted by molar-refractivity contribution is -0.136. The first kappa shape index (κ1) is 21.8. The molecule has 160 valence electrons. The Kier molecular flexibility index (Phi) is 5.81. The van der Waals surface area contributed by atoms with E-state index < -0.39 is 5.54 Å². The lowest BCUT2D eigenvalue weighted by atomic mass is 9.86. The molecule has 2 aliphatic rings. The van der Waals surface area contributed by atoms with Crippen LogP contribution in [0, 0.1) is 0 Å². The number of amides is 2. The maximum atomic E-state index is 13.4. The van der Waals surface area contributed by atoms with Gasteiger partial charge in [0.15, 0.2) is 0 Å². The molecular weight excluding hydrogens is 362 g/mol. The van der Waals surface area contributed by atoms with Gasteiger partial charge < -0.3 is 10.2 Å². The Morgan fingerprint density at radius 3 is 1.83 bits per heavy atom. The van der Waals surface area contributed by atoms with E-state index in [0.29, 0.717) is 5.56 Å². The van der Waals surface area contributed by atoms with Crippen LogP contribution in [0.3, 0.4) is 0 Å². The van der Waals surface area contributed by atoms with Crippen LogP contribution in [0.4, 0.5) is 0 Å². The molecule has 0 aromatic carbocycles. The molecule has 1 aliphatic heterocycles. The van der Waals surface area contributed by atoms with Crippen LogP contribution in [0.1, 0.15) is 102 Å². The fourth-order valence-electron chi connectivity index (χ4n) is 4.31. The van der Waals surface area contributed by atoms with E-state index in [9.17, 15) is 9.59 Å². The molecule has 2 heterocycles. The zero-order chi connectivity index (χ0) is 21.4. The standard InChI is InChI=1S/C24H37N3O2/c1-22(2,3)18-15-17(16-19(25-18)23(4,5)6)20(28)26-24(11-7-8-12-24)21(29)27-13-9-10-14-27/h15-16H,7-14H2,1-6H3,(H,26,28). The number of hydrogen-bond donors (Lipinski definition) is 1. The molecule has 0 bridgehead atoms. The predicted octanol–water partition coefficient (Wildman–Crippen LogP) is 4.34. The van der Waals surface area contributed by atoms with Crippen molar-refractivity contribution < 1.29 is 9.59 Å². The van der Waals surface area contributed by atoms with E-state index in [2.05, 4.69) is 46.9 Å². The summed E-state index contributed by atoms with van der Waals surface area (Å²) in [6.45, 7) is 14.3. The van der Waals surface area contributed by atoms with Crippen LogP contribution in [0.5, 0.6) is 0 Å². The highest BCUT2D eigenvalue weighted by atomic mass is 16.2. The molecule has 0 atom stereocenters. The first-order chi connectivity index (χ1) is 13.4. The topological polar surface area (TPSA) is 62.3 Å². The largest absolute Gasteiger partial charge is 0.341 e. The maximum absolute atomic E-state index is 13.4. The third-order valence-corrected chi connectivity index (χ3v) is 6.24. The monoisotopic (exact) mass is 399 g/mol. The highest BCUT2D eigenvalue weighted by Gasteiger charge is 2.45. The van der Waals surface area contributed by atoms with Crippen molar-refractivity contribution in [1.29, 1.82) is 0 Å². The van der Waals surface area contributed by atoms with Gasteiger partial charge in [-0.25, -0.2) is 0 Å². The smallest absolute Gasteiger partial charge is 0.252 e. The van der Waals surface area contributed by atoms with Crippen molar-refractivity contribution in [3.05, 3.63) is 29.1 Å². The Labute approximate surface area is 175 Å². The zero-order valence-corrected chi connectivity index (χ0v) is 19.0. The van der Waals surface area contributed by atoms with Gasteiger partial charge in [-0.2, -0.15) is 0 Å². The van der Waals surface area contributed by atoms with E-state index in [4.69, 9.17) is 4.98 Å². The van der Waals surface area contributed by atoms with E-state index in [1.165, 1.54) is 0 Å². The summed E-state index contributed by atoms with van der Waals surface area (Å²) in [4.78, 5) is 33.5. The molecule has 1 saturated heterocycles. The Bertz CT molecular complexity index is 742. The predicted molar refractivity (Wildman–Crippen MR) is 116 cm³/mol. The second-order valence-corrected chi connectivity index (χ2v) is 10.9. The first-order valence-electron chi connectivity index (χ1n) is 11.1. The minimum absolute atomic E-state index is 0.113. The summed E-state index contributed by atoms with van der Waals surface area (Å²) in [7, 11) is 0. The number of nitrogens with zero attached hydrogens (tertiary/aromatic N) is 2. The molecule has 5 nitrogen and oxygen atoms in total. The number of nitrogens with one attached hydrogen (secondary N) is 1. The van der Waals surface area contributed by atoms with Crippen LogP contribution in [0.15, 0.2) is 12.1 Å². The van der Waals surface area contributed by atoms with Gasteiger partial charge in [0, 0.05) is 40.9 Å². The summed E-state index contributed by atoms with van der Waals surface area (Å²) < 4.78 is 0. The number of rotatable bonds is 3. The van der Waals surface area contributed by atoms with E-state index >= 15 is 0 Å². The minimum Gasteiger partial charge on any atom is -0.341 e. The number of likely N-dealkylation sites (tertiary alicyclic amines) is 1. The lowest BCUT2D eigenvalue weighted by Gasteiger charge is -2.33. The second-order valence-electron chi connectivity index (χ2n) is 10.9. The van der Waals surface area contributed by atoms with Gasteiger partial charge in [0.05, 0.1) is 0 Å². The summed E-state index contributed by atoms with van der Waals surface area (Å²) in [6.07, 6.45) is 5.55. The minimum atomic E-state index is -0.742. The fraction of sp³-hybridized carbons (Fsp3) is 0.708. The highest BCUT2D eigenvalue weighted by molar-refractivity contribution is 5.99. The fourth-order valence-corrected chi connectivity index (χ4v) is 4.31.